The quantitative estimate of drug-likeness (QED) is 0.830. The van der Waals surface area contributed by atoms with Crippen molar-refractivity contribution in [3.05, 3.63) is 29.6 Å². The van der Waals surface area contributed by atoms with Crippen LogP contribution in [0.1, 0.15) is 40.6 Å². The lowest BCUT2D eigenvalue weighted by Gasteiger charge is -2.22. The predicted octanol–water partition coefficient (Wildman–Crippen LogP) is 1.41. The summed E-state index contributed by atoms with van der Waals surface area (Å²) in [6, 6.07) is 3.07. The fourth-order valence-electron chi connectivity index (χ4n) is 2.16. The highest BCUT2D eigenvalue weighted by atomic mass is 16.5. The van der Waals surface area contributed by atoms with Gasteiger partial charge in [0.05, 0.1) is 18.8 Å². The number of ether oxygens (including phenoxy) is 2. The van der Waals surface area contributed by atoms with Gasteiger partial charge in [0.25, 0.3) is 5.91 Å². The van der Waals surface area contributed by atoms with Crippen molar-refractivity contribution < 1.29 is 19.1 Å². The van der Waals surface area contributed by atoms with E-state index in [1.165, 1.54) is 12.3 Å². The molecule has 2 heterocycles. The molecule has 1 aromatic heterocycles. The summed E-state index contributed by atoms with van der Waals surface area (Å²) < 4.78 is 10.2. The summed E-state index contributed by atoms with van der Waals surface area (Å²) in [5.74, 6) is -0.311. The molecule has 114 valence electrons. The molecule has 0 saturated carbocycles. The maximum atomic E-state index is 12.0. The SMILES string of the molecule is CCOC(=O)c1ccc(C(=O)NC[C@H]2CCCOC2)nc1. The van der Waals surface area contributed by atoms with Gasteiger partial charge in [0.2, 0.25) is 0 Å². The molecule has 0 radical (unpaired) electrons. The maximum Gasteiger partial charge on any atom is 0.339 e. The van der Waals surface area contributed by atoms with Crippen molar-refractivity contribution >= 4 is 11.9 Å². The zero-order chi connectivity index (χ0) is 15.1. The Kier molecular flexibility index (Phi) is 5.68. The number of nitrogens with zero attached hydrogens (tertiary/aromatic N) is 1. The zero-order valence-electron chi connectivity index (χ0n) is 12.1. The molecule has 0 bridgehead atoms. The molecule has 2 rings (SSSR count). The molecule has 21 heavy (non-hydrogen) atoms. The molecule has 0 aliphatic carbocycles. The predicted molar refractivity (Wildman–Crippen MR) is 76.1 cm³/mol. The smallest absolute Gasteiger partial charge is 0.339 e. The van der Waals surface area contributed by atoms with Gasteiger partial charge in [-0.05, 0) is 37.8 Å². The van der Waals surface area contributed by atoms with Crippen molar-refractivity contribution in [1.29, 1.82) is 0 Å². The fraction of sp³-hybridized carbons (Fsp3) is 0.533. The van der Waals surface area contributed by atoms with Gasteiger partial charge in [0.15, 0.2) is 0 Å². The third-order valence-electron chi connectivity index (χ3n) is 3.31. The second-order valence-corrected chi connectivity index (χ2v) is 4.95. The van der Waals surface area contributed by atoms with Crippen LogP contribution in [0.4, 0.5) is 0 Å². The molecule has 6 heteroatoms. The average molecular weight is 292 g/mol. The summed E-state index contributed by atoms with van der Waals surface area (Å²) in [6.45, 7) is 4.13. The van der Waals surface area contributed by atoms with Gasteiger partial charge in [-0.3, -0.25) is 9.78 Å². The molecular weight excluding hydrogens is 272 g/mol. The van der Waals surface area contributed by atoms with E-state index in [1.807, 2.05) is 0 Å². The van der Waals surface area contributed by atoms with Crippen LogP contribution in [-0.2, 0) is 9.47 Å². The molecule has 1 aliphatic heterocycles. The zero-order valence-corrected chi connectivity index (χ0v) is 12.1. The number of rotatable bonds is 5. The van der Waals surface area contributed by atoms with E-state index in [4.69, 9.17) is 9.47 Å². The summed E-state index contributed by atoms with van der Waals surface area (Å²) in [5.41, 5.74) is 0.633. The molecule has 1 N–H and O–H groups in total. The Morgan fingerprint density at radius 3 is 2.95 bits per heavy atom. The molecule has 0 unspecified atom stereocenters. The Morgan fingerprint density at radius 1 is 1.48 bits per heavy atom. The Morgan fingerprint density at radius 2 is 2.33 bits per heavy atom. The van der Waals surface area contributed by atoms with Gasteiger partial charge in [-0.1, -0.05) is 0 Å². The number of hydrogen-bond donors (Lipinski definition) is 1. The topological polar surface area (TPSA) is 77.5 Å². The number of hydrogen-bond acceptors (Lipinski definition) is 5. The summed E-state index contributed by atoms with van der Waals surface area (Å²) >= 11 is 0. The van der Waals surface area contributed by atoms with Crippen molar-refractivity contribution in [3.8, 4) is 0 Å². The van der Waals surface area contributed by atoms with Gasteiger partial charge in [0, 0.05) is 19.3 Å². The largest absolute Gasteiger partial charge is 0.462 e. The molecule has 0 aromatic carbocycles. The molecule has 1 aliphatic rings. The van der Waals surface area contributed by atoms with Gasteiger partial charge >= 0.3 is 5.97 Å². The number of carbonyl (C=O) groups is 2. The van der Waals surface area contributed by atoms with E-state index >= 15 is 0 Å². The minimum Gasteiger partial charge on any atom is -0.462 e. The molecule has 1 atom stereocenters. The van der Waals surface area contributed by atoms with E-state index in [-0.39, 0.29) is 5.91 Å². The summed E-state index contributed by atoms with van der Waals surface area (Å²) in [4.78, 5) is 27.4. The lowest BCUT2D eigenvalue weighted by atomic mass is 10.0. The molecular formula is C15H20N2O4. The molecule has 1 aromatic rings. The summed E-state index contributed by atoms with van der Waals surface area (Å²) in [5, 5.41) is 2.84. The van der Waals surface area contributed by atoms with Crippen LogP contribution in [0.3, 0.4) is 0 Å². The number of esters is 1. The molecule has 1 amide bonds. The lowest BCUT2D eigenvalue weighted by Crippen LogP contribution is -2.33. The molecule has 1 saturated heterocycles. The second-order valence-electron chi connectivity index (χ2n) is 4.95. The average Bonchev–Trinajstić information content (AvgIpc) is 2.54. The molecule has 6 nitrogen and oxygen atoms in total. The van der Waals surface area contributed by atoms with Crippen molar-refractivity contribution in [2.24, 2.45) is 5.92 Å². The minimum absolute atomic E-state index is 0.240. The van der Waals surface area contributed by atoms with E-state index in [0.29, 0.717) is 36.9 Å². The monoisotopic (exact) mass is 292 g/mol. The first kappa shape index (κ1) is 15.4. The first-order chi connectivity index (χ1) is 10.2. The van der Waals surface area contributed by atoms with Crippen molar-refractivity contribution in [1.82, 2.24) is 10.3 Å². The van der Waals surface area contributed by atoms with E-state index in [9.17, 15) is 9.59 Å². The van der Waals surface area contributed by atoms with E-state index < -0.39 is 5.97 Å². The van der Waals surface area contributed by atoms with E-state index in [2.05, 4.69) is 10.3 Å². The van der Waals surface area contributed by atoms with Gasteiger partial charge in [-0.15, -0.1) is 0 Å². The molecule has 1 fully saturated rings. The van der Waals surface area contributed by atoms with Crippen LogP contribution in [0.25, 0.3) is 0 Å². The number of amides is 1. The minimum atomic E-state index is -0.434. The van der Waals surface area contributed by atoms with E-state index in [1.54, 1.807) is 13.0 Å². The second kappa shape index (κ2) is 7.73. The number of carbonyl (C=O) groups excluding carboxylic acids is 2. The lowest BCUT2D eigenvalue weighted by molar-refractivity contribution is 0.0522. The van der Waals surface area contributed by atoms with Crippen molar-refractivity contribution in [3.63, 3.8) is 0 Å². The van der Waals surface area contributed by atoms with Crippen LogP contribution in [0.5, 0.6) is 0 Å². The van der Waals surface area contributed by atoms with Crippen LogP contribution in [-0.4, -0.2) is 43.2 Å². The van der Waals surface area contributed by atoms with Crippen molar-refractivity contribution in [2.75, 3.05) is 26.4 Å². The van der Waals surface area contributed by atoms with Gasteiger partial charge in [-0.2, -0.15) is 0 Å². The third-order valence-corrected chi connectivity index (χ3v) is 3.31. The number of pyridine rings is 1. The van der Waals surface area contributed by atoms with Crippen LogP contribution >= 0.6 is 0 Å². The standard InChI is InChI=1S/C15H20N2O4/c1-2-21-15(19)12-5-6-13(16-9-12)14(18)17-8-11-4-3-7-20-10-11/h5-6,9,11H,2-4,7-8,10H2,1H3,(H,17,18)/t11-/m1/s1. The normalized spacial score (nSPS) is 18.0. The van der Waals surface area contributed by atoms with Gasteiger partial charge in [-0.25, -0.2) is 4.79 Å². The van der Waals surface area contributed by atoms with Gasteiger partial charge in [0.1, 0.15) is 5.69 Å². The first-order valence-electron chi connectivity index (χ1n) is 7.19. The third kappa shape index (κ3) is 4.53. The summed E-state index contributed by atoms with van der Waals surface area (Å²) in [7, 11) is 0. The highest BCUT2D eigenvalue weighted by Gasteiger charge is 2.16. The highest BCUT2D eigenvalue weighted by Crippen LogP contribution is 2.12. The number of nitrogens with one attached hydrogen (secondary N) is 1. The van der Waals surface area contributed by atoms with Crippen LogP contribution in [0, 0.1) is 5.92 Å². The van der Waals surface area contributed by atoms with Crippen LogP contribution < -0.4 is 5.32 Å². The Bertz CT molecular complexity index is 481. The Balaban J connectivity index is 1.85. The summed E-state index contributed by atoms with van der Waals surface area (Å²) in [6.07, 6.45) is 3.46. The van der Waals surface area contributed by atoms with Crippen molar-refractivity contribution in [2.45, 2.75) is 19.8 Å². The van der Waals surface area contributed by atoms with Crippen LogP contribution in [0.2, 0.25) is 0 Å². The van der Waals surface area contributed by atoms with E-state index in [0.717, 1.165) is 19.4 Å². The number of aromatic nitrogens is 1. The Labute approximate surface area is 123 Å². The maximum absolute atomic E-state index is 12.0. The van der Waals surface area contributed by atoms with Gasteiger partial charge < -0.3 is 14.8 Å². The highest BCUT2D eigenvalue weighted by molar-refractivity contribution is 5.94. The van der Waals surface area contributed by atoms with Crippen LogP contribution in [0.15, 0.2) is 18.3 Å². The first-order valence-corrected chi connectivity index (χ1v) is 7.19. The Hall–Kier alpha value is -1.95. The molecule has 0 spiro atoms. The fourth-order valence-corrected chi connectivity index (χ4v) is 2.16.